The van der Waals surface area contributed by atoms with Crippen LogP contribution in [-0.4, -0.2) is 11.2 Å². The van der Waals surface area contributed by atoms with Gasteiger partial charge in [0.05, 0.1) is 0 Å². The SMILES string of the molecule is CC(C)(C)CC(C)(C)c1ccc(OC(=O)Nc2ccc(-c3ccc(O)cc3)cc2)cc1. The van der Waals surface area contributed by atoms with Gasteiger partial charge in [0.25, 0.3) is 0 Å². The molecule has 0 aliphatic rings. The molecule has 4 nitrogen and oxygen atoms in total. The highest BCUT2D eigenvalue weighted by Gasteiger charge is 2.27. The highest BCUT2D eigenvalue weighted by Crippen LogP contribution is 2.36. The fourth-order valence-corrected chi connectivity index (χ4v) is 4.05. The first-order valence-electron chi connectivity index (χ1n) is 10.5. The predicted octanol–water partition coefficient (Wildman–Crippen LogP) is 7.38. The largest absolute Gasteiger partial charge is 0.508 e. The van der Waals surface area contributed by atoms with E-state index >= 15 is 0 Å². The molecule has 0 heterocycles. The molecule has 0 radical (unpaired) electrons. The Balaban J connectivity index is 1.60. The van der Waals surface area contributed by atoms with Gasteiger partial charge in [-0.05, 0) is 70.3 Å². The fraction of sp³-hybridized carbons (Fsp3) is 0.296. The molecule has 0 atom stereocenters. The molecule has 0 aliphatic carbocycles. The van der Waals surface area contributed by atoms with Crippen molar-refractivity contribution in [1.82, 2.24) is 0 Å². The lowest BCUT2D eigenvalue weighted by Gasteiger charge is -2.33. The van der Waals surface area contributed by atoms with E-state index < -0.39 is 6.09 Å². The van der Waals surface area contributed by atoms with Crippen molar-refractivity contribution in [2.75, 3.05) is 5.32 Å². The predicted molar refractivity (Wildman–Crippen MR) is 127 cm³/mol. The minimum Gasteiger partial charge on any atom is -0.508 e. The van der Waals surface area contributed by atoms with E-state index in [-0.39, 0.29) is 16.6 Å². The van der Waals surface area contributed by atoms with Gasteiger partial charge in [-0.1, -0.05) is 71.0 Å². The molecular formula is C27H31NO3. The minimum atomic E-state index is -0.529. The molecule has 0 unspecified atom stereocenters. The first-order valence-corrected chi connectivity index (χ1v) is 10.5. The lowest BCUT2D eigenvalue weighted by atomic mass is 9.72. The molecule has 0 aromatic heterocycles. The summed E-state index contributed by atoms with van der Waals surface area (Å²) in [5.74, 6) is 0.740. The van der Waals surface area contributed by atoms with Gasteiger partial charge in [0.2, 0.25) is 0 Å². The van der Waals surface area contributed by atoms with Gasteiger partial charge in [0.1, 0.15) is 11.5 Å². The smallest absolute Gasteiger partial charge is 0.417 e. The van der Waals surface area contributed by atoms with Crippen molar-refractivity contribution in [3.05, 3.63) is 78.4 Å². The van der Waals surface area contributed by atoms with E-state index in [1.807, 2.05) is 60.7 Å². The molecule has 2 N–H and O–H groups in total. The number of anilines is 1. The van der Waals surface area contributed by atoms with Gasteiger partial charge in [-0.15, -0.1) is 0 Å². The van der Waals surface area contributed by atoms with Crippen LogP contribution >= 0.6 is 0 Å². The first kappa shape index (κ1) is 22.4. The number of carbonyl (C=O) groups excluding carboxylic acids is 1. The molecule has 31 heavy (non-hydrogen) atoms. The molecule has 3 aromatic carbocycles. The van der Waals surface area contributed by atoms with Crippen molar-refractivity contribution in [3.63, 3.8) is 0 Å². The number of ether oxygens (including phenoxy) is 1. The molecule has 0 saturated heterocycles. The number of hydrogen-bond donors (Lipinski definition) is 2. The summed E-state index contributed by atoms with van der Waals surface area (Å²) in [7, 11) is 0. The van der Waals surface area contributed by atoms with Crippen molar-refractivity contribution < 1.29 is 14.6 Å². The third-order valence-corrected chi connectivity index (χ3v) is 5.15. The maximum Gasteiger partial charge on any atom is 0.417 e. The van der Waals surface area contributed by atoms with Gasteiger partial charge in [-0.25, -0.2) is 4.79 Å². The van der Waals surface area contributed by atoms with Gasteiger partial charge < -0.3 is 9.84 Å². The highest BCUT2D eigenvalue weighted by atomic mass is 16.6. The van der Waals surface area contributed by atoms with E-state index in [2.05, 4.69) is 39.9 Å². The zero-order valence-corrected chi connectivity index (χ0v) is 18.9. The maximum atomic E-state index is 12.3. The molecule has 1 amide bonds. The van der Waals surface area contributed by atoms with Crippen LogP contribution in [0.25, 0.3) is 11.1 Å². The van der Waals surface area contributed by atoms with Gasteiger partial charge >= 0.3 is 6.09 Å². The molecule has 0 spiro atoms. The van der Waals surface area contributed by atoms with Crippen molar-refractivity contribution in [2.45, 2.75) is 46.5 Å². The lowest BCUT2D eigenvalue weighted by Crippen LogP contribution is -2.24. The molecule has 4 heteroatoms. The number of amides is 1. The molecule has 3 aromatic rings. The summed E-state index contributed by atoms with van der Waals surface area (Å²) < 4.78 is 5.44. The number of nitrogens with one attached hydrogen (secondary N) is 1. The molecule has 0 fully saturated rings. The van der Waals surface area contributed by atoms with Crippen molar-refractivity contribution >= 4 is 11.8 Å². The first-order chi connectivity index (χ1) is 14.5. The normalized spacial score (nSPS) is 11.8. The third-order valence-electron chi connectivity index (χ3n) is 5.15. The lowest BCUT2D eigenvalue weighted by molar-refractivity contribution is 0.215. The monoisotopic (exact) mass is 417 g/mol. The summed E-state index contributed by atoms with van der Waals surface area (Å²) in [5.41, 5.74) is 4.12. The molecule has 3 rings (SSSR count). The number of rotatable bonds is 5. The van der Waals surface area contributed by atoms with Crippen LogP contribution in [0.5, 0.6) is 11.5 Å². The van der Waals surface area contributed by atoms with E-state index in [4.69, 9.17) is 4.74 Å². The second-order valence-electron chi connectivity index (χ2n) is 9.78. The Morgan fingerprint density at radius 1 is 0.806 bits per heavy atom. The van der Waals surface area contributed by atoms with E-state index in [0.29, 0.717) is 11.4 Å². The summed E-state index contributed by atoms with van der Waals surface area (Å²) in [5, 5.41) is 12.2. The molecule has 162 valence electrons. The van der Waals surface area contributed by atoms with Crippen molar-refractivity contribution in [1.29, 1.82) is 0 Å². The topological polar surface area (TPSA) is 58.6 Å². The van der Waals surface area contributed by atoms with Crippen LogP contribution in [0.4, 0.5) is 10.5 Å². The number of phenolic OH excluding ortho intramolecular Hbond substituents is 1. The van der Waals surface area contributed by atoms with Crippen molar-refractivity contribution in [2.24, 2.45) is 5.41 Å². The van der Waals surface area contributed by atoms with Crippen LogP contribution in [-0.2, 0) is 5.41 Å². The fourth-order valence-electron chi connectivity index (χ4n) is 4.05. The summed E-state index contributed by atoms with van der Waals surface area (Å²) in [6.07, 6.45) is 0.528. The molecule has 0 aliphatic heterocycles. The Kier molecular flexibility index (Phi) is 6.40. The van der Waals surface area contributed by atoms with Crippen LogP contribution in [0.3, 0.4) is 0 Å². The zero-order chi connectivity index (χ0) is 22.6. The second-order valence-corrected chi connectivity index (χ2v) is 9.78. The molecule has 0 saturated carbocycles. The average molecular weight is 418 g/mol. The van der Waals surface area contributed by atoms with Crippen molar-refractivity contribution in [3.8, 4) is 22.6 Å². The number of aromatic hydroxyl groups is 1. The average Bonchev–Trinajstić information content (AvgIpc) is 2.68. The minimum absolute atomic E-state index is 0.0400. The van der Waals surface area contributed by atoms with Gasteiger partial charge in [-0.2, -0.15) is 0 Å². The van der Waals surface area contributed by atoms with E-state index in [1.54, 1.807) is 12.1 Å². The van der Waals surface area contributed by atoms with E-state index in [9.17, 15) is 9.90 Å². The number of carbonyl (C=O) groups is 1. The highest BCUT2D eigenvalue weighted by molar-refractivity contribution is 5.86. The summed E-state index contributed by atoms with van der Waals surface area (Å²) in [4.78, 5) is 12.3. The van der Waals surface area contributed by atoms with Crippen LogP contribution in [0, 0.1) is 5.41 Å². The Morgan fingerprint density at radius 3 is 1.84 bits per heavy atom. The Bertz CT molecular complexity index is 1010. The maximum absolute atomic E-state index is 12.3. The third kappa shape index (κ3) is 6.35. The van der Waals surface area contributed by atoms with Crippen LogP contribution in [0.15, 0.2) is 72.8 Å². The van der Waals surface area contributed by atoms with Gasteiger partial charge in [0, 0.05) is 5.69 Å². The van der Waals surface area contributed by atoms with Crippen LogP contribution in [0.1, 0.15) is 46.6 Å². The van der Waals surface area contributed by atoms with E-state index in [1.165, 1.54) is 5.56 Å². The standard InChI is InChI=1S/C27H31NO3/c1-26(2,3)18-27(4,5)21-10-16-24(17-11-21)31-25(30)28-22-12-6-19(7-13-22)20-8-14-23(29)15-9-20/h6-17,29H,18H2,1-5H3,(H,28,30). The second kappa shape index (κ2) is 8.84. The quantitative estimate of drug-likeness (QED) is 0.455. The van der Waals surface area contributed by atoms with Gasteiger partial charge in [-0.3, -0.25) is 5.32 Å². The molecular weight excluding hydrogens is 386 g/mol. The van der Waals surface area contributed by atoms with Crippen LogP contribution in [0.2, 0.25) is 0 Å². The number of benzene rings is 3. The summed E-state index contributed by atoms with van der Waals surface area (Å²) in [6, 6.07) is 22.2. The summed E-state index contributed by atoms with van der Waals surface area (Å²) >= 11 is 0. The Labute approximate surface area is 184 Å². The number of phenols is 1. The van der Waals surface area contributed by atoms with Crippen LogP contribution < -0.4 is 10.1 Å². The number of hydrogen-bond acceptors (Lipinski definition) is 3. The Hall–Kier alpha value is -3.27. The molecule has 0 bridgehead atoms. The zero-order valence-electron chi connectivity index (χ0n) is 18.9. The Morgan fingerprint density at radius 2 is 1.32 bits per heavy atom. The van der Waals surface area contributed by atoms with Gasteiger partial charge in [0.15, 0.2) is 0 Å². The van der Waals surface area contributed by atoms with E-state index in [0.717, 1.165) is 17.5 Å². The summed E-state index contributed by atoms with van der Waals surface area (Å²) in [6.45, 7) is 11.2.